The van der Waals surface area contributed by atoms with Crippen LogP contribution in [0.2, 0.25) is 0 Å². The molecule has 2 heterocycles. The molecule has 182 valence electrons. The first-order valence-electron chi connectivity index (χ1n) is 10.6. The number of alkyl halides is 3. The molecule has 0 saturated heterocycles. The summed E-state index contributed by atoms with van der Waals surface area (Å²) in [5, 5.41) is 16.6. The molecule has 1 aliphatic rings. The molecule has 8 nitrogen and oxygen atoms in total. The molecule has 3 aromatic rings. The van der Waals surface area contributed by atoms with Crippen LogP contribution < -0.4 is 5.32 Å². The van der Waals surface area contributed by atoms with Gasteiger partial charge < -0.3 is 10.4 Å². The van der Waals surface area contributed by atoms with Gasteiger partial charge in [0, 0.05) is 24.4 Å². The molecule has 1 aliphatic carbocycles. The van der Waals surface area contributed by atoms with E-state index in [1.165, 1.54) is 18.3 Å². The van der Waals surface area contributed by atoms with E-state index < -0.39 is 33.2 Å². The van der Waals surface area contributed by atoms with E-state index in [1.807, 2.05) is 0 Å². The molecule has 0 spiro atoms. The van der Waals surface area contributed by atoms with Crippen molar-refractivity contribution in [3.63, 3.8) is 0 Å². The highest BCUT2D eigenvalue weighted by molar-refractivity contribution is 7.90. The predicted molar refractivity (Wildman–Crippen MR) is 118 cm³/mol. The Morgan fingerprint density at radius 2 is 1.94 bits per heavy atom. The first-order valence-corrected chi connectivity index (χ1v) is 12.5. The first kappa shape index (κ1) is 24.1. The van der Waals surface area contributed by atoms with Crippen LogP contribution in [0.5, 0.6) is 0 Å². The van der Waals surface area contributed by atoms with Crippen molar-refractivity contribution in [3.8, 4) is 0 Å². The van der Waals surface area contributed by atoms with Crippen LogP contribution in [0.1, 0.15) is 47.8 Å². The summed E-state index contributed by atoms with van der Waals surface area (Å²) < 4.78 is 66.7. The first-order chi connectivity index (χ1) is 16.0. The van der Waals surface area contributed by atoms with E-state index in [1.54, 1.807) is 4.68 Å². The third-order valence-corrected chi connectivity index (χ3v) is 7.23. The minimum Gasteiger partial charge on any atom is -0.396 e. The van der Waals surface area contributed by atoms with Gasteiger partial charge in [-0.3, -0.25) is 14.5 Å². The number of aliphatic hydroxyl groups excluding tert-OH is 1. The van der Waals surface area contributed by atoms with Gasteiger partial charge >= 0.3 is 6.18 Å². The highest BCUT2D eigenvalue weighted by Crippen LogP contribution is 2.36. The van der Waals surface area contributed by atoms with Crippen molar-refractivity contribution in [2.45, 2.75) is 42.8 Å². The second kappa shape index (κ2) is 8.99. The number of anilines is 1. The highest BCUT2D eigenvalue weighted by atomic mass is 32.2. The number of aromatic nitrogens is 3. The number of rotatable bonds is 5. The lowest BCUT2D eigenvalue weighted by Gasteiger charge is -2.28. The van der Waals surface area contributed by atoms with Crippen molar-refractivity contribution >= 4 is 32.3 Å². The van der Waals surface area contributed by atoms with E-state index in [0.717, 1.165) is 50.3 Å². The molecule has 1 amide bonds. The molecular weight excluding hydrogens is 473 g/mol. The van der Waals surface area contributed by atoms with Gasteiger partial charge in [-0.15, -0.1) is 0 Å². The Morgan fingerprint density at radius 1 is 1.24 bits per heavy atom. The molecule has 1 fully saturated rings. The summed E-state index contributed by atoms with van der Waals surface area (Å²) in [5.74, 6) is -0.938. The van der Waals surface area contributed by atoms with Crippen molar-refractivity contribution in [1.82, 2.24) is 14.8 Å². The van der Waals surface area contributed by atoms with Gasteiger partial charge in [0.05, 0.1) is 33.9 Å². The third kappa shape index (κ3) is 4.78. The number of carbonyl (C=O) groups is 1. The van der Waals surface area contributed by atoms with Crippen LogP contribution in [0.15, 0.2) is 41.6 Å². The van der Waals surface area contributed by atoms with Crippen molar-refractivity contribution in [1.29, 1.82) is 0 Å². The van der Waals surface area contributed by atoms with Gasteiger partial charge in [-0.1, -0.05) is 0 Å². The van der Waals surface area contributed by atoms with Gasteiger partial charge in [-0.2, -0.15) is 18.3 Å². The molecule has 2 aromatic heterocycles. The monoisotopic (exact) mass is 496 g/mol. The third-order valence-electron chi connectivity index (χ3n) is 6.09. The number of nitrogens with one attached hydrogen (secondary N) is 1. The van der Waals surface area contributed by atoms with Gasteiger partial charge in [0.15, 0.2) is 9.84 Å². The van der Waals surface area contributed by atoms with Crippen molar-refractivity contribution in [3.05, 3.63) is 47.9 Å². The van der Waals surface area contributed by atoms with Crippen molar-refractivity contribution in [2.24, 2.45) is 5.92 Å². The molecule has 1 aromatic carbocycles. The number of hydrogen-bond acceptors (Lipinski definition) is 6. The Bertz CT molecular complexity index is 1330. The molecule has 0 aliphatic heterocycles. The van der Waals surface area contributed by atoms with Crippen LogP contribution in [-0.2, 0) is 16.0 Å². The number of hydrogen-bond donors (Lipinski definition) is 2. The van der Waals surface area contributed by atoms with Crippen LogP contribution >= 0.6 is 0 Å². The minimum absolute atomic E-state index is 0.0241. The minimum atomic E-state index is -4.80. The summed E-state index contributed by atoms with van der Waals surface area (Å²) in [7, 11) is -3.86. The molecule has 0 atom stereocenters. The van der Waals surface area contributed by atoms with E-state index in [9.17, 15) is 31.5 Å². The summed E-state index contributed by atoms with van der Waals surface area (Å²) in [5.41, 5.74) is -1.69. The lowest BCUT2D eigenvalue weighted by atomic mass is 9.86. The standard InChI is InChI=1S/C22H23F3N4O4S/c1-34(32,33)19-10-18-14(11-27-29(18)15-6-4-13(12-30)5-7-15)9-17(19)28-21(31)20-16(22(23,24)25)3-2-8-26-20/h2-3,8-11,13,15,30H,4-7,12H2,1H3,(H,28,31). The smallest absolute Gasteiger partial charge is 0.396 e. The normalized spacial score (nSPS) is 19.3. The molecule has 12 heteroatoms. The summed E-state index contributed by atoms with van der Waals surface area (Å²) in [6, 6.07) is 4.60. The summed E-state index contributed by atoms with van der Waals surface area (Å²) >= 11 is 0. The Hall–Kier alpha value is -2.99. The fourth-order valence-electron chi connectivity index (χ4n) is 4.34. The fraction of sp³-hybridized carbons (Fsp3) is 0.409. The molecule has 0 unspecified atom stereocenters. The number of halogens is 3. The van der Waals surface area contributed by atoms with E-state index in [2.05, 4.69) is 15.4 Å². The Balaban J connectivity index is 1.72. The highest BCUT2D eigenvalue weighted by Gasteiger charge is 2.36. The van der Waals surface area contributed by atoms with Gasteiger partial charge in [-0.25, -0.2) is 8.42 Å². The van der Waals surface area contributed by atoms with Crippen molar-refractivity contribution < 1.29 is 31.5 Å². The number of benzene rings is 1. The largest absolute Gasteiger partial charge is 0.418 e. The maximum atomic E-state index is 13.3. The molecule has 0 bridgehead atoms. The predicted octanol–water partition coefficient (Wildman–Crippen LogP) is 3.83. The average molecular weight is 497 g/mol. The number of carbonyl (C=O) groups excluding carboxylic acids is 1. The molecule has 4 rings (SSSR count). The SMILES string of the molecule is CS(=O)(=O)c1cc2c(cnn2C2CCC(CO)CC2)cc1NC(=O)c1ncccc1C(F)(F)F. The van der Waals surface area contributed by atoms with E-state index in [4.69, 9.17) is 0 Å². The van der Waals surface area contributed by atoms with Gasteiger partial charge in [0.1, 0.15) is 5.69 Å². The van der Waals surface area contributed by atoms with Gasteiger partial charge in [0.2, 0.25) is 0 Å². The second-order valence-electron chi connectivity index (χ2n) is 8.48. The number of fused-ring (bicyclic) bond motifs is 1. The second-order valence-corrected chi connectivity index (χ2v) is 10.5. The van der Waals surface area contributed by atoms with Crippen LogP contribution in [0.3, 0.4) is 0 Å². The number of pyridine rings is 1. The molecular formula is C22H23F3N4O4S. The number of amides is 1. The number of sulfone groups is 1. The molecule has 0 radical (unpaired) electrons. The van der Waals surface area contributed by atoms with Crippen LogP contribution in [0, 0.1) is 5.92 Å². The number of nitrogens with zero attached hydrogens (tertiary/aromatic N) is 3. The lowest BCUT2D eigenvalue weighted by molar-refractivity contribution is -0.138. The zero-order valence-corrected chi connectivity index (χ0v) is 19.0. The van der Waals surface area contributed by atoms with E-state index in [0.29, 0.717) is 10.9 Å². The summed E-state index contributed by atoms with van der Waals surface area (Å²) in [6.45, 7) is 0.125. The Kier molecular flexibility index (Phi) is 6.38. The lowest BCUT2D eigenvalue weighted by Crippen LogP contribution is -2.22. The molecule has 1 saturated carbocycles. The Morgan fingerprint density at radius 3 is 2.56 bits per heavy atom. The Labute approximate surface area is 193 Å². The molecule has 34 heavy (non-hydrogen) atoms. The summed E-state index contributed by atoms with van der Waals surface area (Å²) in [6.07, 6.45) is 1.92. The average Bonchev–Trinajstić information content (AvgIpc) is 3.20. The topological polar surface area (TPSA) is 114 Å². The van der Waals surface area contributed by atoms with E-state index in [-0.39, 0.29) is 29.1 Å². The summed E-state index contributed by atoms with van der Waals surface area (Å²) in [4.78, 5) is 16.0. The van der Waals surface area contributed by atoms with Crippen LogP contribution in [-0.4, -0.2) is 47.1 Å². The van der Waals surface area contributed by atoms with Crippen LogP contribution in [0.4, 0.5) is 18.9 Å². The van der Waals surface area contributed by atoms with Gasteiger partial charge in [0.25, 0.3) is 5.91 Å². The van der Waals surface area contributed by atoms with E-state index >= 15 is 0 Å². The van der Waals surface area contributed by atoms with Gasteiger partial charge in [-0.05, 0) is 55.9 Å². The van der Waals surface area contributed by atoms with Crippen molar-refractivity contribution in [2.75, 3.05) is 18.2 Å². The zero-order chi connectivity index (χ0) is 24.7. The zero-order valence-electron chi connectivity index (χ0n) is 18.2. The maximum absolute atomic E-state index is 13.3. The number of aliphatic hydroxyl groups is 1. The molecule has 2 N–H and O–H groups in total. The fourth-order valence-corrected chi connectivity index (χ4v) is 5.17. The quantitative estimate of drug-likeness (QED) is 0.555. The van der Waals surface area contributed by atoms with Crippen LogP contribution in [0.25, 0.3) is 10.9 Å². The maximum Gasteiger partial charge on any atom is 0.418 e.